The van der Waals surface area contributed by atoms with Crippen LogP contribution >= 0.6 is 23.2 Å². The summed E-state index contributed by atoms with van der Waals surface area (Å²) in [4.78, 5) is 64.8. The van der Waals surface area contributed by atoms with Crippen molar-refractivity contribution in [2.45, 2.75) is 25.3 Å². The minimum Gasteiger partial charge on any atom is -0.346 e. The van der Waals surface area contributed by atoms with Gasteiger partial charge in [0.15, 0.2) is 0 Å². The molecule has 0 radical (unpaired) electrons. The number of nitrogens with one attached hydrogen (secondary N) is 4. The van der Waals surface area contributed by atoms with Gasteiger partial charge in [0.25, 0.3) is 0 Å². The third kappa shape index (κ3) is 11.1. The number of hydrogen-bond acceptors (Lipinski definition) is 7. The Morgan fingerprint density at radius 2 is 1.49 bits per heavy atom. The van der Waals surface area contributed by atoms with Gasteiger partial charge in [0.05, 0.1) is 48.7 Å². The minimum absolute atomic E-state index is 0.0893. The van der Waals surface area contributed by atoms with E-state index in [0.717, 1.165) is 37.1 Å². The van der Waals surface area contributed by atoms with Crippen molar-refractivity contribution in [2.24, 2.45) is 5.73 Å². The molecule has 1 fully saturated rings. The first-order valence-corrected chi connectivity index (χ1v) is 14.6. The molecule has 232 valence electrons. The number of nitrogens with zero attached hydrogens (tertiary/aromatic N) is 2. The Hall–Kier alpha value is -3.71. The second kappa shape index (κ2) is 16.8. The number of amides is 5. The fourth-order valence-corrected chi connectivity index (χ4v) is 4.87. The number of carbonyl (C=O) groups excluding carboxylic acids is 5. The molecule has 0 spiro atoms. The highest BCUT2D eigenvalue weighted by Gasteiger charge is 2.26. The fourth-order valence-electron chi connectivity index (χ4n) is 4.55. The van der Waals surface area contributed by atoms with Crippen molar-refractivity contribution in [1.82, 2.24) is 25.8 Å². The van der Waals surface area contributed by atoms with E-state index in [2.05, 4.69) is 26.2 Å². The predicted molar refractivity (Wildman–Crippen MR) is 165 cm³/mol. The molecule has 2 aromatic carbocycles. The van der Waals surface area contributed by atoms with Gasteiger partial charge < -0.3 is 36.8 Å². The average Bonchev–Trinajstić information content (AvgIpc) is 3.51. The Kier molecular flexibility index (Phi) is 13.2. The average molecular weight is 635 g/mol. The fraction of sp³-hybridized carbons (Fsp3) is 0.414. The zero-order valence-corrected chi connectivity index (χ0v) is 25.5. The predicted octanol–water partition coefficient (Wildman–Crippen LogP) is 1.08. The molecule has 12 nitrogen and oxygen atoms in total. The maximum absolute atomic E-state index is 13.4. The molecule has 0 unspecified atom stereocenters. The molecule has 0 aromatic heterocycles. The lowest BCUT2D eigenvalue weighted by Crippen LogP contribution is -2.44. The Balaban J connectivity index is 1.59. The summed E-state index contributed by atoms with van der Waals surface area (Å²) in [5.74, 6) is -2.19. The van der Waals surface area contributed by atoms with Gasteiger partial charge in [-0.15, -0.1) is 0 Å². The van der Waals surface area contributed by atoms with Gasteiger partial charge in [-0.1, -0.05) is 41.4 Å². The van der Waals surface area contributed by atoms with Crippen LogP contribution in [-0.2, 0) is 30.4 Å². The van der Waals surface area contributed by atoms with Gasteiger partial charge in [0.2, 0.25) is 29.5 Å². The monoisotopic (exact) mass is 633 g/mol. The van der Waals surface area contributed by atoms with Crippen LogP contribution in [-0.4, -0.2) is 92.2 Å². The van der Waals surface area contributed by atoms with E-state index in [9.17, 15) is 24.0 Å². The standard InChI is InChI=1S/C29H37Cl2N7O5/c1-37(29(43)12-19-7-8-22(30)23(31)11-19)24(18-38-9-2-3-10-38)20-5-4-6-21(13-20)36-28(42)17-35-27(41)16-34-26(40)15-33-25(39)14-32/h4-8,11,13,24H,2-3,9-10,12,14-18,32H2,1H3,(H,33,39)(H,34,40)(H,35,41)(H,36,42)/t24-/m1/s1. The molecule has 1 aliphatic rings. The van der Waals surface area contributed by atoms with Crippen molar-refractivity contribution < 1.29 is 24.0 Å². The maximum atomic E-state index is 13.4. The molecule has 0 saturated carbocycles. The number of halogens is 2. The van der Waals surface area contributed by atoms with Crippen LogP contribution in [0.1, 0.15) is 30.0 Å². The molecule has 0 bridgehead atoms. The van der Waals surface area contributed by atoms with E-state index in [1.54, 1.807) is 42.3 Å². The van der Waals surface area contributed by atoms with Gasteiger partial charge in [0.1, 0.15) is 0 Å². The van der Waals surface area contributed by atoms with Crippen molar-refractivity contribution in [2.75, 3.05) is 58.2 Å². The molecule has 0 aliphatic carbocycles. The smallest absolute Gasteiger partial charge is 0.243 e. The lowest BCUT2D eigenvalue weighted by Gasteiger charge is -2.32. The zero-order chi connectivity index (χ0) is 31.4. The van der Waals surface area contributed by atoms with E-state index in [0.29, 0.717) is 22.3 Å². The summed E-state index contributed by atoms with van der Waals surface area (Å²) in [5.41, 5.74) is 7.27. The summed E-state index contributed by atoms with van der Waals surface area (Å²) in [6.07, 6.45) is 2.36. The molecule has 3 rings (SSSR count). The first kappa shape index (κ1) is 33.8. The van der Waals surface area contributed by atoms with Gasteiger partial charge in [0, 0.05) is 19.3 Å². The van der Waals surface area contributed by atoms with Crippen LogP contribution in [0.5, 0.6) is 0 Å². The molecule has 1 aliphatic heterocycles. The first-order valence-electron chi connectivity index (χ1n) is 13.9. The van der Waals surface area contributed by atoms with Crippen LogP contribution in [0.15, 0.2) is 42.5 Å². The van der Waals surface area contributed by atoms with Crippen molar-refractivity contribution in [1.29, 1.82) is 0 Å². The molecular formula is C29H37Cl2N7O5. The Morgan fingerprint density at radius 1 is 0.860 bits per heavy atom. The largest absolute Gasteiger partial charge is 0.346 e. The quantitative estimate of drug-likeness (QED) is 0.207. The van der Waals surface area contributed by atoms with Gasteiger partial charge >= 0.3 is 0 Å². The highest BCUT2D eigenvalue weighted by molar-refractivity contribution is 6.42. The van der Waals surface area contributed by atoms with E-state index < -0.39 is 23.6 Å². The van der Waals surface area contributed by atoms with Gasteiger partial charge in [-0.3, -0.25) is 24.0 Å². The van der Waals surface area contributed by atoms with E-state index in [1.807, 2.05) is 12.1 Å². The number of nitrogens with two attached hydrogens (primary N) is 1. The van der Waals surface area contributed by atoms with Crippen molar-refractivity contribution in [3.05, 3.63) is 63.6 Å². The van der Waals surface area contributed by atoms with Crippen molar-refractivity contribution in [3.8, 4) is 0 Å². The second-order valence-electron chi connectivity index (χ2n) is 10.2. The summed E-state index contributed by atoms with van der Waals surface area (Å²) in [6, 6.07) is 12.1. The van der Waals surface area contributed by atoms with E-state index in [1.165, 1.54) is 0 Å². The minimum atomic E-state index is -0.574. The van der Waals surface area contributed by atoms with Gasteiger partial charge in [-0.2, -0.15) is 0 Å². The maximum Gasteiger partial charge on any atom is 0.243 e. The number of hydrogen-bond donors (Lipinski definition) is 5. The number of likely N-dealkylation sites (tertiary alicyclic amines) is 1. The topological polar surface area (TPSA) is 166 Å². The zero-order valence-electron chi connectivity index (χ0n) is 24.0. The Labute approximate surface area is 260 Å². The summed E-state index contributed by atoms with van der Waals surface area (Å²) >= 11 is 12.2. The van der Waals surface area contributed by atoms with Crippen LogP contribution in [0.25, 0.3) is 0 Å². The summed E-state index contributed by atoms with van der Waals surface area (Å²) in [6.45, 7) is 1.30. The molecule has 1 atom stereocenters. The number of carbonyl (C=O) groups is 5. The molecule has 14 heteroatoms. The van der Waals surface area contributed by atoms with E-state index >= 15 is 0 Å². The van der Waals surface area contributed by atoms with Crippen LogP contribution in [0, 0.1) is 0 Å². The number of benzene rings is 2. The van der Waals surface area contributed by atoms with E-state index in [4.69, 9.17) is 28.9 Å². The van der Waals surface area contributed by atoms with Gasteiger partial charge in [-0.05, 0) is 61.3 Å². The molecule has 6 N–H and O–H groups in total. The van der Waals surface area contributed by atoms with Crippen LogP contribution < -0.4 is 27.0 Å². The van der Waals surface area contributed by atoms with Crippen LogP contribution in [0.2, 0.25) is 10.0 Å². The second-order valence-corrected chi connectivity index (χ2v) is 11.0. The Morgan fingerprint density at radius 3 is 2.12 bits per heavy atom. The van der Waals surface area contributed by atoms with Gasteiger partial charge in [-0.25, -0.2) is 0 Å². The molecule has 1 heterocycles. The summed E-state index contributed by atoms with van der Waals surface area (Å²) in [7, 11) is 1.77. The number of rotatable bonds is 14. The normalized spacial score (nSPS) is 13.6. The molecule has 1 saturated heterocycles. The molecular weight excluding hydrogens is 597 g/mol. The first-order chi connectivity index (χ1) is 20.5. The molecule has 2 aromatic rings. The van der Waals surface area contributed by atoms with Crippen LogP contribution in [0.4, 0.5) is 5.69 Å². The summed E-state index contributed by atoms with van der Waals surface area (Å²) < 4.78 is 0. The Bertz CT molecular complexity index is 1320. The van der Waals surface area contributed by atoms with E-state index in [-0.39, 0.29) is 44.5 Å². The molecule has 43 heavy (non-hydrogen) atoms. The SMILES string of the molecule is CN(C(=O)Cc1ccc(Cl)c(Cl)c1)[C@H](CN1CCCC1)c1cccc(NC(=O)CNC(=O)CNC(=O)CNC(=O)CN)c1. The highest BCUT2D eigenvalue weighted by atomic mass is 35.5. The van der Waals surface area contributed by atoms with Crippen LogP contribution in [0.3, 0.4) is 0 Å². The summed E-state index contributed by atoms with van der Waals surface area (Å²) in [5, 5.41) is 10.6. The van der Waals surface area contributed by atoms with Crippen molar-refractivity contribution >= 4 is 58.4 Å². The lowest BCUT2D eigenvalue weighted by atomic mass is 10.0. The lowest BCUT2D eigenvalue weighted by molar-refractivity contribution is -0.131. The third-order valence-electron chi connectivity index (χ3n) is 6.91. The number of likely N-dealkylation sites (N-methyl/N-ethyl adjacent to an activating group) is 1. The van der Waals surface area contributed by atoms with Crippen molar-refractivity contribution in [3.63, 3.8) is 0 Å². The number of anilines is 1. The third-order valence-corrected chi connectivity index (χ3v) is 7.65. The molecule has 5 amide bonds. The highest BCUT2D eigenvalue weighted by Crippen LogP contribution is 2.27.